The molecule has 6 heteroatoms. The average Bonchev–Trinajstić information content (AvgIpc) is 3.45. The lowest BCUT2D eigenvalue weighted by Gasteiger charge is -2.20. The highest BCUT2D eigenvalue weighted by Crippen LogP contribution is 2.21. The number of hydrogen-bond acceptors (Lipinski definition) is 4. The van der Waals surface area contributed by atoms with E-state index in [1.54, 1.807) is 4.57 Å². The lowest BCUT2D eigenvalue weighted by molar-refractivity contribution is 0.0551. The highest BCUT2D eigenvalue weighted by Gasteiger charge is 2.19. The van der Waals surface area contributed by atoms with Gasteiger partial charge in [-0.3, -0.25) is 0 Å². The molecule has 8 bridgehead atoms. The molecule has 1 N–H and O–H groups in total. The number of nitrogens with zero attached hydrogens (tertiary/aromatic N) is 3. The van der Waals surface area contributed by atoms with E-state index in [1.807, 2.05) is 93.6 Å². The maximum atomic E-state index is 13.0. The van der Waals surface area contributed by atoms with Crippen molar-refractivity contribution < 1.29 is 9.53 Å². The van der Waals surface area contributed by atoms with Crippen molar-refractivity contribution in [3.8, 4) is 0 Å². The maximum absolute atomic E-state index is 13.0. The molecule has 6 nitrogen and oxygen atoms in total. The van der Waals surface area contributed by atoms with Gasteiger partial charge in [-0.05, 0) is 93.6 Å². The van der Waals surface area contributed by atoms with Crippen LogP contribution < -0.4 is 0 Å². The van der Waals surface area contributed by atoms with Crippen molar-refractivity contribution in [3.05, 3.63) is 71.3 Å². The topological polar surface area (TPSA) is 72.8 Å². The summed E-state index contributed by atoms with van der Waals surface area (Å²) in [6, 6.07) is 15.5. The number of nitrogens with one attached hydrogen (secondary N) is 1. The zero-order valence-corrected chi connectivity index (χ0v) is 17.6. The second-order valence-electron chi connectivity index (χ2n) is 8.53. The smallest absolute Gasteiger partial charge is 0.419 e. The second-order valence-corrected chi connectivity index (χ2v) is 8.53. The van der Waals surface area contributed by atoms with Crippen LogP contribution in [0.4, 0.5) is 4.79 Å². The van der Waals surface area contributed by atoms with E-state index in [9.17, 15) is 4.79 Å². The van der Waals surface area contributed by atoms with E-state index in [2.05, 4.69) is 15.0 Å². The molecule has 2 aliphatic heterocycles. The van der Waals surface area contributed by atoms with Crippen molar-refractivity contribution >= 4 is 52.5 Å². The van der Waals surface area contributed by atoms with Gasteiger partial charge in [-0.15, -0.1) is 0 Å². The number of hydrogen-bond donors (Lipinski definition) is 1. The molecule has 154 valence electrons. The summed E-state index contributed by atoms with van der Waals surface area (Å²) < 4.78 is 7.22. The summed E-state index contributed by atoms with van der Waals surface area (Å²) in [7, 11) is 0. The van der Waals surface area contributed by atoms with E-state index >= 15 is 0 Å². The molecule has 0 radical (unpaired) electrons. The minimum absolute atomic E-state index is 0.439. The number of fused-ring (bicyclic) bond motifs is 8. The van der Waals surface area contributed by atoms with Crippen LogP contribution in [0.25, 0.3) is 46.4 Å². The summed E-state index contributed by atoms with van der Waals surface area (Å²) in [5, 5.41) is 0. The quantitative estimate of drug-likeness (QED) is 0.344. The highest BCUT2D eigenvalue weighted by molar-refractivity contribution is 5.87. The SMILES string of the molecule is CC(C)(C)OC(=O)n1c2ccc1cc1nc(cc3ccc(cc4nc(c2)C=C4)[nH]3)C=C1. The fraction of sp³-hybridized carbons (Fsp3) is 0.160. The van der Waals surface area contributed by atoms with Gasteiger partial charge in [0.05, 0.1) is 33.8 Å². The fourth-order valence-electron chi connectivity index (χ4n) is 3.54. The van der Waals surface area contributed by atoms with Gasteiger partial charge in [0.1, 0.15) is 5.60 Å². The Morgan fingerprint density at radius 1 is 0.774 bits per heavy atom. The fourth-order valence-corrected chi connectivity index (χ4v) is 3.54. The summed E-state index contributed by atoms with van der Waals surface area (Å²) in [5.41, 5.74) is 5.89. The number of carbonyl (C=O) groups is 1. The van der Waals surface area contributed by atoms with Crippen LogP contribution >= 0.6 is 0 Å². The van der Waals surface area contributed by atoms with Crippen LogP contribution in [0.15, 0.2) is 48.5 Å². The van der Waals surface area contributed by atoms with Crippen molar-refractivity contribution in [2.75, 3.05) is 0 Å². The Morgan fingerprint density at radius 3 is 1.68 bits per heavy atom. The minimum Gasteiger partial charge on any atom is -0.443 e. The Morgan fingerprint density at radius 2 is 1.23 bits per heavy atom. The van der Waals surface area contributed by atoms with Gasteiger partial charge in [0.25, 0.3) is 0 Å². The first kappa shape index (κ1) is 19.1. The van der Waals surface area contributed by atoms with E-state index in [-0.39, 0.29) is 0 Å². The third-order valence-electron chi connectivity index (χ3n) is 4.81. The molecule has 0 amide bonds. The van der Waals surface area contributed by atoms with Gasteiger partial charge in [0.2, 0.25) is 0 Å². The normalized spacial score (nSPS) is 12.9. The average molecular weight is 410 g/mol. The van der Waals surface area contributed by atoms with Gasteiger partial charge in [-0.1, -0.05) is 0 Å². The first-order valence-corrected chi connectivity index (χ1v) is 10.1. The minimum atomic E-state index is -0.609. The molecule has 3 aromatic rings. The van der Waals surface area contributed by atoms with Crippen molar-refractivity contribution in [1.82, 2.24) is 19.5 Å². The second kappa shape index (κ2) is 7.09. The third kappa shape index (κ3) is 4.05. The summed E-state index contributed by atoms with van der Waals surface area (Å²) in [5.74, 6) is 0. The Balaban J connectivity index is 1.81. The van der Waals surface area contributed by atoms with Crippen LogP contribution in [0.5, 0.6) is 0 Å². The lowest BCUT2D eigenvalue weighted by atomic mass is 10.2. The first-order valence-electron chi connectivity index (χ1n) is 10.1. The summed E-state index contributed by atoms with van der Waals surface area (Å²) in [6.45, 7) is 5.56. The molecule has 5 rings (SSSR count). The van der Waals surface area contributed by atoms with Gasteiger partial charge >= 0.3 is 6.09 Å². The van der Waals surface area contributed by atoms with Crippen molar-refractivity contribution in [2.24, 2.45) is 0 Å². The molecule has 0 saturated heterocycles. The largest absolute Gasteiger partial charge is 0.443 e. The number of carbonyl (C=O) groups excluding carboxylic acids is 1. The highest BCUT2D eigenvalue weighted by atomic mass is 16.6. The van der Waals surface area contributed by atoms with Gasteiger partial charge < -0.3 is 9.72 Å². The van der Waals surface area contributed by atoms with E-state index in [4.69, 9.17) is 4.74 Å². The monoisotopic (exact) mass is 410 g/mol. The molecule has 5 heterocycles. The first-order chi connectivity index (χ1) is 14.8. The predicted molar refractivity (Wildman–Crippen MR) is 124 cm³/mol. The molecule has 3 aromatic heterocycles. The van der Waals surface area contributed by atoms with Gasteiger partial charge in [0, 0.05) is 11.0 Å². The molecule has 0 saturated carbocycles. The van der Waals surface area contributed by atoms with Gasteiger partial charge in [-0.25, -0.2) is 19.3 Å². The molecule has 0 unspecified atom stereocenters. The Bertz CT molecular complexity index is 1320. The summed E-state index contributed by atoms with van der Waals surface area (Å²) in [4.78, 5) is 25.7. The van der Waals surface area contributed by atoms with Crippen LogP contribution in [0, 0.1) is 0 Å². The molecule has 31 heavy (non-hydrogen) atoms. The number of aromatic amines is 1. The molecule has 2 aliphatic rings. The van der Waals surface area contributed by atoms with Crippen molar-refractivity contribution in [2.45, 2.75) is 26.4 Å². The van der Waals surface area contributed by atoms with Crippen LogP contribution in [0.2, 0.25) is 0 Å². The van der Waals surface area contributed by atoms with Gasteiger partial charge in [-0.2, -0.15) is 0 Å². The lowest BCUT2D eigenvalue weighted by Crippen LogP contribution is -2.26. The Kier molecular flexibility index (Phi) is 4.36. The molecule has 0 spiro atoms. The van der Waals surface area contributed by atoms with Crippen molar-refractivity contribution in [1.29, 1.82) is 0 Å². The van der Waals surface area contributed by atoms with Crippen LogP contribution in [0.1, 0.15) is 43.5 Å². The van der Waals surface area contributed by atoms with Crippen LogP contribution in [0.3, 0.4) is 0 Å². The Labute approximate surface area is 179 Å². The number of ether oxygens (including phenoxy) is 1. The molecule has 0 aliphatic carbocycles. The van der Waals surface area contributed by atoms with Gasteiger partial charge in [0.15, 0.2) is 0 Å². The number of rotatable bonds is 0. The zero-order valence-electron chi connectivity index (χ0n) is 17.6. The zero-order chi connectivity index (χ0) is 21.6. The summed E-state index contributed by atoms with van der Waals surface area (Å²) in [6.07, 6.45) is 7.32. The van der Waals surface area contributed by atoms with E-state index in [1.165, 1.54) is 0 Å². The van der Waals surface area contributed by atoms with E-state index in [0.717, 1.165) is 33.8 Å². The number of H-pyrrole nitrogens is 1. The maximum Gasteiger partial charge on any atom is 0.419 e. The number of aromatic nitrogens is 4. The van der Waals surface area contributed by atoms with E-state index in [0.29, 0.717) is 11.0 Å². The van der Waals surface area contributed by atoms with Crippen LogP contribution in [-0.4, -0.2) is 31.2 Å². The molecular weight excluding hydrogens is 388 g/mol. The molecular formula is C25H22N4O2. The Hall–Kier alpha value is -3.93. The third-order valence-corrected chi connectivity index (χ3v) is 4.81. The summed E-state index contributed by atoms with van der Waals surface area (Å²) >= 11 is 0. The molecule has 0 fully saturated rings. The molecule has 0 atom stereocenters. The molecule has 0 aromatic carbocycles. The van der Waals surface area contributed by atoms with Crippen molar-refractivity contribution in [3.63, 3.8) is 0 Å². The van der Waals surface area contributed by atoms with E-state index < -0.39 is 11.7 Å². The standard InChI is InChI=1S/C25H22N4O2/c1-25(2,3)31-24(30)29-22-10-11-23(29)15-21-9-7-19(28-21)13-17-5-4-16(26-17)12-18-6-8-20(14-22)27-18/h4-15,26H,1-3H3. The predicted octanol–water partition coefficient (Wildman–Crippen LogP) is 5.91. The van der Waals surface area contributed by atoms with Crippen LogP contribution in [-0.2, 0) is 4.74 Å².